The molecule has 1 N–H and O–H groups in total. The van der Waals surface area contributed by atoms with Gasteiger partial charge in [0.25, 0.3) is 0 Å². The molecule has 0 radical (unpaired) electrons. The third-order valence-corrected chi connectivity index (χ3v) is 6.23. The fourth-order valence-electron chi connectivity index (χ4n) is 4.48. The normalized spacial score (nSPS) is 18.1. The average Bonchev–Trinajstić information content (AvgIpc) is 3.14. The van der Waals surface area contributed by atoms with Gasteiger partial charge in [0, 0.05) is 52.1 Å². The number of fused-ring (bicyclic) bond motifs is 1. The second kappa shape index (κ2) is 8.97. The quantitative estimate of drug-likeness (QED) is 0.796. The van der Waals surface area contributed by atoms with E-state index >= 15 is 0 Å². The lowest BCUT2D eigenvalue weighted by Gasteiger charge is -2.35. The minimum atomic E-state index is 0.101. The molecule has 30 heavy (non-hydrogen) atoms. The van der Waals surface area contributed by atoms with Crippen LogP contribution in [0.5, 0.6) is 0 Å². The molecule has 3 heterocycles. The molecule has 2 aliphatic rings. The van der Waals surface area contributed by atoms with E-state index in [0.717, 1.165) is 55.6 Å². The van der Waals surface area contributed by atoms with Gasteiger partial charge in [-0.1, -0.05) is 19.3 Å². The van der Waals surface area contributed by atoms with Crippen LogP contribution in [0.2, 0.25) is 0 Å². The smallest absolute Gasteiger partial charge is 0.224 e. The van der Waals surface area contributed by atoms with E-state index in [-0.39, 0.29) is 17.7 Å². The summed E-state index contributed by atoms with van der Waals surface area (Å²) in [5.41, 5.74) is 0.824. The van der Waals surface area contributed by atoms with Crippen molar-refractivity contribution in [3.05, 3.63) is 12.0 Å². The Kier molecular flexibility index (Phi) is 6.15. The van der Waals surface area contributed by atoms with Gasteiger partial charge in [0.15, 0.2) is 5.65 Å². The van der Waals surface area contributed by atoms with E-state index in [1.165, 1.54) is 6.42 Å². The fourth-order valence-corrected chi connectivity index (χ4v) is 4.48. The molecule has 2 fully saturated rings. The standard InChI is InChI=1S/C21H31N7O2/c1-15-24-19-17(14-23-26(19)2)20(25-15)28-12-10-27(11-13-28)18(29)8-9-22-21(30)16-6-4-3-5-7-16/h14,16H,3-13H2,1-2H3,(H,22,30). The average molecular weight is 414 g/mol. The molecule has 1 aliphatic heterocycles. The summed E-state index contributed by atoms with van der Waals surface area (Å²) in [6, 6.07) is 0. The third-order valence-electron chi connectivity index (χ3n) is 6.23. The van der Waals surface area contributed by atoms with Crippen molar-refractivity contribution in [2.24, 2.45) is 13.0 Å². The number of nitrogens with zero attached hydrogens (tertiary/aromatic N) is 6. The maximum Gasteiger partial charge on any atom is 0.224 e. The summed E-state index contributed by atoms with van der Waals surface area (Å²) < 4.78 is 1.76. The van der Waals surface area contributed by atoms with Crippen LogP contribution in [0.1, 0.15) is 44.3 Å². The second-order valence-electron chi connectivity index (χ2n) is 8.34. The highest BCUT2D eigenvalue weighted by atomic mass is 16.2. The summed E-state index contributed by atoms with van der Waals surface area (Å²) in [6.07, 6.45) is 7.63. The molecule has 9 heteroatoms. The van der Waals surface area contributed by atoms with Crippen LogP contribution in [0.3, 0.4) is 0 Å². The monoisotopic (exact) mass is 413 g/mol. The van der Waals surface area contributed by atoms with E-state index in [9.17, 15) is 9.59 Å². The van der Waals surface area contributed by atoms with Gasteiger partial charge in [0.2, 0.25) is 11.8 Å². The minimum absolute atomic E-state index is 0.101. The van der Waals surface area contributed by atoms with Crippen molar-refractivity contribution in [1.29, 1.82) is 0 Å². The zero-order valence-electron chi connectivity index (χ0n) is 17.9. The number of piperazine rings is 1. The van der Waals surface area contributed by atoms with Crippen LogP contribution in [0.4, 0.5) is 5.82 Å². The Bertz CT molecular complexity index is 911. The Morgan fingerprint density at radius 1 is 1.10 bits per heavy atom. The molecule has 2 aromatic rings. The third kappa shape index (κ3) is 4.39. The van der Waals surface area contributed by atoms with E-state index in [2.05, 4.69) is 25.3 Å². The topological polar surface area (TPSA) is 96.3 Å². The number of aryl methyl sites for hydroxylation is 2. The molecule has 4 rings (SSSR count). The Hall–Kier alpha value is -2.71. The molecule has 0 unspecified atom stereocenters. The van der Waals surface area contributed by atoms with Crippen molar-refractivity contribution in [3.63, 3.8) is 0 Å². The summed E-state index contributed by atoms with van der Waals surface area (Å²) in [6.45, 7) is 5.06. The van der Waals surface area contributed by atoms with Gasteiger partial charge in [-0.05, 0) is 19.8 Å². The van der Waals surface area contributed by atoms with Crippen molar-refractivity contribution < 1.29 is 9.59 Å². The fraction of sp³-hybridized carbons (Fsp3) is 0.667. The van der Waals surface area contributed by atoms with Crippen molar-refractivity contribution in [3.8, 4) is 0 Å². The molecular formula is C21H31N7O2. The van der Waals surface area contributed by atoms with Crippen LogP contribution in [0.15, 0.2) is 6.20 Å². The predicted molar refractivity (Wildman–Crippen MR) is 114 cm³/mol. The van der Waals surface area contributed by atoms with Gasteiger partial charge in [-0.3, -0.25) is 14.3 Å². The van der Waals surface area contributed by atoms with E-state index in [0.29, 0.717) is 31.9 Å². The number of hydrogen-bond acceptors (Lipinski definition) is 6. The molecule has 1 saturated heterocycles. The molecule has 2 aromatic heterocycles. The molecule has 1 aliphatic carbocycles. The second-order valence-corrected chi connectivity index (χ2v) is 8.34. The lowest BCUT2D eigenvalue weighted by molar-refractivity contribution is -0.131. The van der Waals surface area contributed by atoms with Gasteiger partial charge in [-0.2, -0.15) is 5.10 Å². The first-order valence-corrected chi connectivity index (χ1v) is 11.0. The van der Waals surface area contributed by atoms with E-state index < -0.39 is 0 Å². The molecule has 9 nitrogen and oxygen atoms in total. The highest BCUT2D eigenvalue weighted by Crippen LogP contribution is 2.25. The molecular weight excluding hydrogens is 382 g/mol. The zero-order valence-corrected chi connectivity index (χ0v) is 17.9. The highest BCUT2D eigenvalue weighted by molar-refractivity contribution is 5.87. The van der Waals surface area contributed by atoms with E-state index in [1.807, 2.05) is 18.9 Å². The number of carbonyl (C=O) groups is 2. The first-order chi connectivity index (χ1) is 14.5. The van der Waals surface area contributed by atoms with Gasteiger partial charge < -0.3 is 15.1 Å². The first-order valence-electron chi connectivity index (χ1n) is 11.0. The van der Waals surface area contributed by atoms with Crippen LogP contribution in [0, 0.1) is 12.8 Å². The van der Waals surface area contributed by atoms with Crippen molar-refractivity contribution in [2.45, 2.75) is 45.4 Å². The molecule has 0 atom stereocenters. The summed E-state index contributed by atoms with van der Waals surface area (Å²) in [5.74, 6) is 1.96. The molecule has 1 saturated carbocycles. The van der Waals surface area contributed by atoms with Crippen molar-refractivity contribution in [1.82, 2.24) is 30.0 Å². The minimum Gasteiger partial charge on any atom is -0.355 e. The number of hydrogen-bond donors (Lipinski definition) is 1. The maximum absolute atomic E-state index is 12.6. The molecule has 2 amide bonds. The molecule has 0 aromatic carbocycles. The molecule has 162 valence electrons. The van der Waals surface area contributed by atoms with Crippen molar-refractivity contribution in [2.75, 3.05) is 37.6 Å². The van der Waals surface area contributed by atoms with Gasteiger partial charge in [-0.15, -0.1) is 0 Å². The van der Waals surface area contributed by atoms with Crippen LogP contribution < -0.4 is 10.2 Å². The Morgan fingerprint density at radius 3 is 2.57 bits per heavy atom. The summed E-state index contributed by atoms with van der Waals surface area (Å²) >= 11 is 0. The van der Waals surface area contributed by atoms with Gasteiger partial charge in [0.1, 0.15) is 11.6 Å². The predicted octanol–water partition coefficient (Wildman–Crippen LogP) is 1.41. The summed E-state index contributed by atoms with van der Waals surface area (Å²) in [5, 5.41) is 8.21. The van der Waals surface area contributed by atoms with Crippen LogP contribution in [-0.2, 0) is 16.6 Å². The Balaban J connectivity index is 1.27. The van der Waals surface area contributed by atoms with Crippen molar-refractivity contribution >= 4 is 28.7 Å². The summed E-state index contributed by atoms with van der Waals surface area (Å²) in [7, 11) is 1.88. The van der Waals surface area contributed by atoms with Crippen LogP contribution in [-0.4, -0.2) is 69.2 Å². The van der Waals surface area contributed by atoms with Crippen LogP contribution in [0.25, 0.3) is 11.0 Å². The SMILES string of the molecule is Cc1nc(N2CCN(C(=O)CCNC(=O)C3CCCCC3)CC2)c2cnn(C)c2n1. The Labute approximate surface area is 176 Å². The number of carbonyl (C=O) groups excluding carboxylic acids is 2. The number of amides is 2. The largest absolute Gasteiger partial charge is 0.355 e. The molecule has 0 bridgehead atoms. The molecule has 0 spiro atoms. The maximum atomic E-state index is 12.6. The number of rotatable bonds is 5. The van der Waals surface area contributed by atoms with E-state index in [1.54, 1.807) is 10.9 Å². The van der Waals surface area contributed by atoms with Gasteiger partial charge >= 0.3 is 0 Å². The van der Waals surface area contributed by atoms with Gasteiger partial charge in [0.05, 0.1) is 11.6 Å². The Morgan fingerprint density at radius 2 is 1.83 bits per heavy atom. The number of anilines is 1. The van der Waals surface area contributed by atoms with Gasteiger partial charge in [-0.25, -0.2) is 9.97 Å². The highest BCUT2D eigenvalue weighted by Gasteiger charge is 2.25. The first kappa shape index (κ1) is 20.6. The van der Waals surface area contributed by atoms with E-state index in [4.69, 9.17) is 0 Å². The lowest BCUT2D eigenvalue weighted by Crippen LogP contribution is -2.49. The number of aromatic nitrogens is 4. The number of nitrogens with one attached hydrogen (secondary N) is 1. The zero-order chi connectivity index (χ0) is 21.1. The lowest BCUT2D eigenvalue weighted by atomic mass is 9.89. The van der Waals surface area contributed by atoms with Crippen LogP contribution >= 0.6 is 0 Å². The summed E-state index contributed by atoms with van der Waals surface area (Å²) in [4.78, 5) is 38.0.